The molecule has 9 heteroatoms. The van der Waals surface area contributed by atoms with Crippen molar-refractivity contribution in [1.29, 1.82) is 0 Å². The second-order valence-electron chi connectivity index (χ2n) is 7.14. The van der Waals surface area contributed by atoms with E-state index in [9.17, 15) is 5.11 Å². The van der Waals surface area contributed by atoms with E-state index in [-0.39, 0.29) is 12.0 Å². The summed E-state index contributed by atoms with van der Waals surface area (Å²) in [4.78, 5) is 4.83. The molecule has 1 fully saturated rings. The van der Waals surface area contributed by atoms with Crippen molar-refractivity contribution in [2.75, 3.05) is 0 Å². The molecular formula is C19H20N8O. The first kappa shape index (κ1) is 17.0. The normalized spacial score (nSPS) is 22.6. The van der Waals surface area contributed by atoms with Gasteiger partial charge in [-0.25, -0.2) is 4.98 Å². The molecule has 3 heterocycles. The van der Waals surface area contributed by atoms with Gasteiger partial charge < -0.3 is 10.8 Å². The molecular weight excluding hydrogens is 356 g/mol. The van der Waals surface area contributed by atoms with Crippen LogP contribution in [0.1, 0.15) is 31.0 Å². The van der Waals surface area contributed by atoms with E-state index in [2.05, 4.69) is 15.3 Å². The van der Waals surface area contributed by atoms with Crippen LogP contribution in [0.3, 0.4) is 0 Å². The van der Waals surface area contributed by atoms with Crippen molar-refractivity contribution in [3.8, 4) is 17.2 Å². The largest absolute Gasteiger partial charge is 0.391 e. The minimum Gasteiger partial charge on any atom is -0.391 e. The van der Waals surface area contributed by atoms with E-state index in [1.54, 1.807) is 15.5 Å². The highest BCUT2D eigenvalue weighted by molar-refractivity contribution is 5.54. The third-order valence-electron chi connectivity index (χ3n) is 5.26. The number of nitrogens with zero attached hydrogens (tertiary/aromatic N) is 7. The van der Waals surface area contributed by atoms with Gasteiger partial charge in [0, 0.05) is 17.5 Å². The molecule has 4 aromatic rings. The zero-order valence-electron chi connectivity index (χ0n) is 15.1. The molecule has 1 aliphatic carbocycles. The summed E-state index contributed by atoms with van der Waals surface area (Å²) in [7, 11) is 0. The average Bonchev–Trinajstić information content (AvgIpc) is 3.37. The summed E-state index contributed by atoms with van der Waals surface area (Å²) in [6.45, 7) is 0. The van der Waals surface area contributed by atoms with Crippen LogP contribution in [-0.2, 0) is 0 Å². The lowest BCUT2D eigenvalue weighted by atomic mass is 9.84. The summed E-state index contributed by atoms with van der Waals surface area (Å²) < 4.78 is 3.37. The highest BCUT2D eigenvalue weighted by Gasteiger charge is 2.31. The minimum atomic E-state index is -0.544. The number of aliphatic hydroxyl groups excluding tert-OH is 1. The van der Waals surface area contributed by atoms with Gasteiger partial charge in [0.2, 0.25) is 0 Å². The van der Waals surface area contributed by atoms with Crippen LogP contribution >= 0.6 is 0 Å². The van der Waals surface area contributed by atoms with Crippen LogP contribution in [0.5, 0.6) is 0 Å². The number of hydrogen-bond donors (Lipinski definition) is 2. The quantitative estimate of drug-likeness (QED) is 0.553. The number of rotatable bonds is 3. The Bertz CT molecular complexity index is 1110. The van der Waals surface area contributed by atoms with Crippen molar-refractivity contribution in [3.05, 3.63) is 54.6 Å². The van der Waals surface area contributed by atoms with Crippen molar-refractivity contribution in [3.63, 3.8) is 0 Å². The number of fused-ring (bicyclic) bond motifs is 1. The highest BCUT2D eigenvalue weighted by Crippen LogP contribution is 2.33. The van der Waals surface area contributed by atoms with Crippen LogP contribution in [0.2, 0.25) is 0 Å². The van der Waals surface area contributed by atoms with Crippen LogP contribution in [-0.4, -0.2) is 51.8 Å². The van der Waals surface area contributed by atoms with Gasteiger partial charge in [-0.2, -0.15) is 9.20 Å². The monoisotopic (exact) mass is 376 g/mol. The Kier molecular flexibility index (Phi) is 4.10. The Labute approximate surface area is 160 Å². The number of aromatic nitrogens is 7. The Morgan fingerprint density at radius 3 is 2.71 bits per heavy atom. The average molecular weight is 376 g/mol. The zero-order valence-corrected chi connectivity index (χ0v) is 15.1. The fourth-order valence-electron chi connectivity index (χ4n) is 3.70. The third kappa shape index (κ3) is 2.94. The second kappa shape index (κ2) is 6.77. The third-order valence-corrected chi connectivity index (χ3v) is 5.26. The topological polar surface area (TPSA) is 120 Å². The Morgan fingerprint density at radius 1 is 1.04 bits per heavy atom. The first-order chi connectivity index (χ1) is 13.7. The highest BCUT2D eigenvalue weighted by atomic mass is 16.3. The summed E-state index contributed by atoms with van der Waals surface area (Å²) in [5.74, 6) is 2.09. The van der Waals surface area contributed by atoms with E-state index in [1.165, 1.54) is 0 Å². The molecule has 142 valence electrons. The Hall–Kier alpha value is -3.17. The maximum atomic E-state index is 10.3. The van der Waals surface area contributed by atoms with Gasteiger partial charge in [-0.15, -0.1) is 20.4 Å². The molecule has 0 amide bonds. The summed E-state index contributed by atoms with van der Waals surface area (Å²) in [6, 6.07) is 13.3. The van der Waals surface area contributed by atoms with Gasteiger partial charge in [0.1, 0.15) is 12.2 Å². The first-order valence-electron chi connectivity index (χ1n) is 9.32. The van der Waals surface area contributed by atoms with Crippen LogP contribution in [0.4, 0.5) is 0 Å². The Balaban J connectivity index is 1.62. The molecule has 1 saturated carbocycles. The van der Waals surface area contributed by atoms with Gasteiger partial charge in [0.05, 0.1) is 6.10 Å². The Morgan fingerprint density at radius 2 is 1.89 bits per heavy atom. The smallest absolute Gasteiger partial charge is 0.181 e. The van der Waals surface area contributed by atoms with E-state index >= 15 is 0 Å². The molecule has 28 heavy (non-hydrogen) atoms. The lowest BCUT2D eigenvalue weighted by Gasteiger charge is -2.30. The number of aliphatic hydroxyl groups is 1. The van der Waals surface area contributed by atoms with Crippen molar-refractivity contribution >= 4 is 5.65 Å². The SMILES string of the molecule is N[C@@H]1CC[C@H](c2nc(-c3ccccc3)nn2-c2ccc3nncn3n2)C[C@H]1O. The fraction of sp³-hybridized carbons (Fsp3) is 0.316. The maximum absolute atomic E-state index is 10.3. The summed E-state index contributed by atoms with van der Waals surface area (Å²) in [6.07, 6.45) is 3.16. The molecule has 1 aromatic carbocycles. The number of hydrogen-bond acceptors (Lipinski definition) is 7. The zero-order chi connectivity index (χ0) is 19.1. The molecule has 0 aliphatic heterocycles. The van der Waals surface area contributed by atoms with Crippen LogP contribution in [0, 0.1) is 0 Å². The second-order valence-corrected chi connectivity index (χ2v) is 7.14. The standard InChI is InChI=1S/C19H20N8O/c20-14-7-6-13(10-15(14)28)19-22-18(12-4-2-1-3-5-12)25-27(19)17-9-8-16-23-21-11-26(16)24-17/h1-5,8-9,11,13-15,28H,6-7,10,20H2/t13-,14+,15+/m0/s1. The summed E-state index contributed by atoms with van der Waals surface area (Å²) >= 11 is 0. The summed E-state index contributed by atoms with van der Waals surface area (Å²) in [5, 5.41) is 27.5. The number of benzene rings is 1. The molecule has 1 aliphatic rings. The van der Waals surface area contributed by atoms with Crippen molar-refractivity contribution < 1.29 is 5.11 Å². The molecule has 3 aromatic heterocycles. The molecule has 0 unspecified atom stereocenters. The van der Waals surface area contributed by atoms with Gasteiger partial charge in [0.15, 0.2) is 17.3 Å². The number of nitrogens with two attached hydrogens (primary N) is 1. The van der Waals surface area contributed by atoms with Crippen LogP contribution in [0.25, 0.3) is 22.9 Å². The molecule has 0 spiro atoms. The first-order valence-corrected chi connectivity index (χ1v) is 9.32. The molecule has 3 atom stereocenters. The van der Waals surface area contributed by atoms with Gasteiger partial charge >= 0.3 is 0 Å². The lowest BCUT2D eigenvalue weighted by Crippen LogP contribution is -2.40. The molecule has 0 bridgehead atoms. The molecule has 0 saturated heterocycles. The molecule has 0 radical (unpaired) electrons. The molecule has 5 rings (SSSR count). The van der Waals surface area contributed by atoms with E-state index in [0.29, 0.717) is 23.7 Å². The minimum absolute atomic E-state index is 0.0539. The van der Waals surface area contributed by atoms with Crippen molar-refractivity contribution in [2.24, 2.45) is 5.73 Å². The van der Waals surface area contributed by atoms with Gasteiger partial charge in [-0.05, 0) is 31.4 Å². The van der Waals surface area contributed by atoms with Crippen molar-refractivity contribution in [2.45, 2.75) is 37.3 Å². The fourth-order valence-corrected chi connectivity index (χ4v) is 3.70. The lowest BCUT2D eigenvalue weighted by molar-refractivity contribution is 0.0961. The van der Waals surface area contributed by atoms with E-state index < -0.39 is 6.10 Å². The molecule has 3 N–H and O–H groups in total. The summed E-state index contributed by atoms with van der Waals surface area (Å²) in [5.41, 5.74) is 7.58. The van der Waals surface area contributed by atoms with E-state index in [4.69, 9.17) is 15.8 Å². The van der Waals surface area contributed by atoms with E-state index in [1.807, 2.05) is 42.5 Å². The molecule has 9 nitrogen and oxygen atoms in total. The van der Waals surface area contributed by atoms with Gasteiger partial charge in [-0.3, -0.25) is 0 Å². The maximum Gasteiger partial charge on any atom is 0.181 e. The van der Waals surface area contributed by atoms with Gasteiger partial charge in [-0.1, -0.05) is 30.3 Å². The van der Waals surface area contributed by atoms with Gasteiger partial charge in [0.25, 0.3) is 0 Å². The predicted octanol–water partition coefficient (Wildman–Crippen LogP) is 1.33. The predicted molar refractivity (Wildman–Crippen MR) is 102 cm³/mol. The van der Waals surface area contributed by atoms with E-state index in [0.717, 1.165) is 24.2 Å². The van der Waals surface area contributed by atoms with Crippen molar-refractivity contribution in [1.82, 2.24) is 34.6 Å². The van der Waals surface area contributed by atoms with Crippen LogP contribution < -0.4 is 5.73 Å². The van der Waals surface area contributed by atoms with Crippen LogP contribution in [0.15, 0.2) is 48.8 Å².